The average molecular weight is 248 g/mol. The highest BCUT2D eigenvalue weighted by Gasteiger charge is 2.03. The summed E-state index contributed by atoms with van der Waals surface area (Å²) in [7, 11) is 1.66. The number of hydrogen-bond acceptors (Lipinski definition) is 2. The van der Waals surface area contributed by atoms with Crippen molar-refractivity contribution in [1.29, 1.82) is 0 Å². The van der Waals surface area contributed by atoms with Crippen molar-refractivity contribution in [3.63, 3.8) is 0 Å². The van der Waals surface area contributed by atoms with E-state index in [1.807, 2.05) is 30.3 Å². The monoisotopic (exact) mass is 248 g/mol. The molecular weight excluding hydrogens is 235 g/mol. The lowest BCUT2D eigenvalue weighted by Crippen LogP contribution is -1.89. The van der Waals surface area contributed by atoms with Crippen LogP contribution < -0.4 is 4.74 Å². The average Bonchev–Trinajstić information content (AvgIpc) is 2.37. The number of benzene rings is 2. The smallest absolute Gasteiger partial charge is 0.124 e. The van der Waals surface area contributed by atoms with Crippen molar-refractivity contribution < 1.29 is 9.13 Å². The number of para-hydroxylation sites is 1. The molecule has 1 nitrogen and oxygen atoms in total. The third kappa shape index (κ3) is 3.24. The molecule has 0 fully saturated rings. The molecule has 0 saturated carbocycles. The lowest BCUT2D eigenvalue weighted by atomic mass is 10.2. The Bertz CT molecular complexity index is 499. The van der Waals surface area contributed by atoms with Crippen molar-refractivity contribution in [3.8, 4) is 5.75 Å². The molecule has 88 valence electrons. The zero-order valence-corrected chi connectivity index (χ0v) is 10.3. The summed E-state index contributed by atoms with van der Waals surface area (Å²) in [5, 5.41) is 0. The fraction of sp³-hybridized carbons (Fsp3) is 0.143. The normalized spacial score (nSPS) is 10.2. The Morgan fingerprint density at radius 1 is 1.12 bits per heavy atom. The number of methoxy groups -OCH3 is 1. The first kappa shape index (κ1) is 12.0. The van der Waals surface area contributed by atoms with Gasteiger partial charge in [0.2, 0.25) is 0 Å². The van der Waals surface area contributed by atoms with Crippen LogP contribution in [0.1, 0.15) is 5.56 Å². The molecule has 0 aliphatic carbocycles. The Kier molecular flexibility index (Phi) is 4.04. The van der Waals surface area contributed by atoms with Crippen LogP contribution in [0.25, 0.3) is 0 Å². The summed E-state index contributed by atoms with van der Waals surface area (Å²) >= 11 is 1.60. The van der Waals surface area contributed by atoms with E-state index < -0.39 is 0 Å². The molecule has 0 atom stereocenters. The van der Waals surface area contributed by atoms with Crippen molar-refractivity contribution >= 4 is 11.8 Å². The molecule has 0 aliphatic heterocycles. The van der Waals surface area contributed by atoms with Crippen molar-refractivity contribution in [3.05, 3.63) is 59.9 Å². The summed E-state index contributed by atoms with van der Waals surface area (Å²) in [6, 6.07) is 14.5. The second kappa shape index (κ2) is 5.73. The van der Waals surface area contributed by atoms with Crippen LogP contribution in [0.4, 0.5) is 4.39 Å². The van der Waals surface area contributed by atoms with Gasteiger partial charge in [0, 0.05) is 16.2 Å². The molecule has 0 unspecified atom stereocenters. The number of thioether (sulfide) groups is 1. The van der Waals surface area contributed by atoms with E-state index in [9.17, 15) is 4.39 Å². The van der Waals surface area contributed by atoms with Gasteiger partial charge in [-0.2, -0.15) is 0 Å². The molecule has 2 aromatic rings. The molecule has 2 rings (SSSR count). The molecule has 2 aromatic carbocycles. The minimum absolute atomic E-state index is 0.199. The third-order valence-corrected chi connectivity index (χ3v) is 3.43. The zero-order valence-electron chi connectivity index (χ0n) is 9.52. The van der Waals surface area contributed by atoms with Crippen molar-refractivity contribution in [2.24, 2.45) is 0 Å². The SMILES string of the molecule is COc1ccccc1CSc1cccc(F)c1. The lowest BCUT2D eigenvalue weighted by Gasteiger charge is -2.07. The van der Waals surface area contributed by atoms with Crippen LogP contribution >= 0.6 is 11.8 Å². The van der Waals surface area contributed by atoms with Gasteiger partial charge >= 0.3 is 0 Å². The number of ether oxygens (including phenoxy) is 1. The highest BCUT2D eigenvalue weighted by Crippen LogP contribution is 2.27. The highest BCUT2D eigenvalue weighted by molar-refractivity contribution is 7.98. The number of rotatable bonds is 4. The Balaban J connectivity index is 2.07. The Morgan fingerprint density at radius 3 is 2.71 bits per heavy atom. The van der Waals surface area contributed by atoms with E-state index >= 15 is 0 Å². The van der Waals surface area contributed by atoms with E-state index in [0.717, 1.165) is 22.0 Å². The standard InChI is InChI=1S/C14H13FOS/c1-16-14-8-3-2-5-11(14)10-17-13-7-4-6-12(15)9-13/h2-9H,10H2,1H3. The van der Waals surface area contributed by atoms with E-state index in [2.05, 4.69) is 0 Å². The van der Waals surface area contributed by atoms with Gasteiger partial charge in [0.05, 0.1) is 7.11 Å². The molecule has 3 heteroatoms. The summed E-state index contributed by atoms with van der Waals surface area (Å²) in [4.78, 5) is 0.927. The van der Waals surface area contributed by atoms with Crippen molar-refractivity contribution in [2.75, 3.05) is 7.11 Å². The maximum absolute atomic E-state index is 13.0. The zero-order chi connectivity index (χ0) is 12.1. The van der Waals surface area contributed by atoms with E-state index in [-0.39, 0.29) is 5.82 Å². The van der Waals surface area contributed by atoms with Gasteiger partial charge in [0.15, 0.2) is 0 Å². The highest BCUT2D eigenvalue weighted by atomic mass is 32.2. The maximum Gasteiger partial charge on any atom is 0.124 e. The third-order valence-electron chi connectivity index (χ3n) is 2.38. The summed E-state index contributed by atoms with van der Waals surface area (Å²) < 4.78 is 18.3. The quantitative estimate of drug-likeness (QED) is 0.752. The van der Waals surface area contributed by atoms with Crippen LogP contribution in [0.15, 0.2) is 53.4 Å². The second-order valence-corrected chi connectivity index (χ2v) is 4.61. The first-order valence-corrected chi connectivity index (χ1v) is 6.28. The first-order valence-electron chi connectivity index (χ1n) is 5.30. The minimum atomic E-state index is -0.199. The molecule has 0 N–H and O–H groups in total. The predicted molar refractivity (Wildman–Crippen MR) is 69.0 cm³/mol. The Hall–Kier alpha value is -1.48. The van der Waals surface area contributed by atoms with Gasteiger partial charge in [0.25, 0.3) is 0 Å². The van der Waals surface area contributed by atoms with Crippen molar-refractivity contribution in [2.45, 2.75) is 10.6 Å². The van der Waals surface area contributed by atoms with E-state index in [1.165, 1.54) is 6.07 Å². The predicted octanol–water partition coefficient (Wildman–Crippen LogP) is 4.13. The van der Waals surface area contributed by atoms with Gasteiger partial charge < -0.3 is 4.74 Å². The summed E-state index contributed by atoms with van der Waals surface area (Å²) in [5.74, 6) is 1.44. The molecule has 0 heterocycles. The van der Waals surface area contributed by atoms with Gasteiger partial charge in [-0.15, -0.1) is 11.8 Å². The van der Waals surface area contributed by atoms with Crippen LogP contribution in [0.5, 0.6) is 5.75 Å². The maximum atomic E-state index is 13.0. The Morgan fingerprint density at radius 2 is 1.94 bits per heavy atom. The summed E-state index contributed by atoms with van der Waals surface area (Å²) in [6.07, 6.45) is 0. The van der Waals surface area contributed by atoms with E-state index in [1.54, 1.807) is 31.0 Å². The molecule has 0 amide bonds. The molecule has 0 spiro atoms. The van der Waals surface area contributed by atoms with Crippen LogP contribution in [-0.2, 0) is 5.75 Å². The van der Waals surface area contributed by atoms with E-state index in [4.69, 9.17) is 4.74 Å². The van der Waals surface area contributed by atoms with Crippen LogP contribution in [0.3, 0.4) is 0 Å². The molecule has 0 aliphatic rings. The molecule has 0 bridgehead atoms. The fourth-order valence-corrected chi connectivity index (χ4v) is 2.47. The molecule has 17 heavy (non-hydrogen) atoms. The summed E-state index contributed by atoms with van der Waals surface area (Å²) in [6.45, 7) is 0. The van der Waals surface area contributed by atoms with Crippen LogP contribution in [0.2, 0.25) is 0 Å². The number of hydrogen-bond donors (Lipinski definition) is 0. The Labute approximate surface area is 105 Å². The molecule has 0 radical (unpaired) electrons. The topological polar surface area (TPSA) is 9.23 Å². The molecular formula is C14H13FOS. The van der Waals surface area contributed by atoms with Gasteiger partial charge in [-0.1, -0.05) is 24.3 Å². The van der Waals surface area contributed by atoms with Crippen LogP contribution in [-0.4, -0.2) is 7.11 Å². The van der Waals surface area contributed by atoms with Gasteiger partial charge in [0.1, 0.15) is 11.6 Å². The second-order valence-electron chi connectivity index (χ2n) is 3.56. The van der Waals surface area contributed by atoms with Gasteiger partial charge in [-0.3, -0.25) is 0 Å². The fourth-order valence-electron chi connectivity index (χ4n) is 1.54. The molecule has 0 aromatic heterocycles. The van der Waals surface area contributed by atoms with Crippen LogP contribution in [0, 0.1) is 5.82 Å². The lowest BCUT2D eigenvalue weighted by molar-refractivity contribution is 0.411. The van der Waals surface area contributed by atoms with Gasteiger partial charge in [-0.25, -0.2) is 4.39 Å². The van der Waals surface area contributed by atoms with Crippen molar-refractivity contribution in [1.82, 2.24) is 0 Å². The summed E-state index contributed by atoms with van der Waals surface area (Å²) in [5.41, 5.74) is 1.12. The van der Waals surface area contributed by atoms with Gasteiger partial charge in [-0.05, 0) is 24.3 Å². The number of halogens is 1. The largest absolute Gasteiger partial charge is 0.496 e. The minimum Gasteiger partial charge on any atom is -0.496 e. The van der Waals surface area contributed by atoms with E-state index in [0.29, 0.717) is 0 Å². The molecule has 0 saturated heterocycles. The first-order chi connectivity index (χ1) is 8.29.